The first kappa shape index (κ1) is 29.5. The van der Waals surface area contributed by atoms with Crippen molar-refractivity contribution in [3.05, 3.63) is 162 Å². The van der Waals surface area contributed by atoms with E-state index in [4.69, 9.17) is 0 Å². The third kappa shape index (κ3) is 5.93. The molecular weight excluding hydrogens is 804 g/mol. The van der Waals surface area contributed by atoms with Crippen LogP contribution in [0.3, 0.4) is 0 Å². The molecule has 0 atom stereocenters. The molecule has 8 rings (SSSR count). The number of benzene rings is 6. The van der Waals surface area contributed by atoms with Crippen LogP contribution in [0.4, 0.5) is 0 Å². The van der Waals surface area contributed by atoms with Gasteiger partial charge >= 0.3 is 0 Å². The molecule has 0 aliphatic carbocycles. The number of aromatic nitrogens is 2. The first-order chi connectivity index (χ1) is 21.4. The zero-order chi connectivity index (χ0) is 30.2. The average molecular weight is 830 g/mol. The van der Waals surface area contributed by atoms with E-state index in [1.54, 1.807) is 0 Å². The van der Waals surface area contributed by atoms with Gasteiger partial charge in [-0.1, -0.05) is 124 Å². The van der Waals surface area contributed by atoms with E-state index in [1.807, 2.05) is 0 Å². The van der Waals surface area contributed by atoms with E-state index in [9.17, 15) is 0 Å². The Bertz CT molecular complexity index is 1990. The van der Waals surface area contributed by atoms with Gasteiger partial charge in [-0.2, -0.15) is 0 Å². The Balaban J connectivity index is 0.000000142. The summed E-state index contributed by atoms with van der Waals surface area (Å²) in [5.41, 5.74) is 7.68. The summed E-state index contributed by atoms with van der Waals surface area (Å²) in [4.78, 5) is 0. The van der Waals surface area contributed by atoms with Crippen LogP contribution in [0.5, 0.6) is 0 Å². The van der Waals surface area contributed by atoms with Crippen molar-refractivity contribution < 1.29 is 0 Å². The van der Waals surface area contributed by atoms with Gasteiger partial charge in [0, 0.05) is 74.6 Å². The summed E-state index contributed by atoms with van der Waals surface area (Å²) in [6, 6.07) is 47.2. The summed E-state index contributed by atoms with van der Waals surface area (Å²) in [6.07, 6.45) is 0. The zero-order valence-corrected chi connectivity index (χ0v) is 29.9. The molecule has 0 spiro atoms. The highest BCUT2D eigenvalue weighted by Crippen LogP contribution is 2.35. The van der Waals surface area contributed by atoms with E-state index in [0.29, 0.717) is 0 Å². The molecule has 6 aromatic carbocycles. The second kappa shape index (κ2) is 12.7. The van der Waals surface area contributed by atoms with E-state index < -0.39 is 0 Å². The molecule has 0 amide bonds. The molecule has 216 valence electrons. The highest BCUT2D eigenvalue weighted by molar-refractivity contribution is 9.11. The Hall–Kier alpha value is -3.16. The molecule has 6 heteroatoms. The molecule has 2 aromatic heterocycles. The topological polar surface area (TPSA) is 9.86 Å². The molecule has 0 saturated heterocycles. The summed E-state index contributed by atoms with van der Waals surface area (Å²) in [5, 5.41) is 5.12. The van der Waals surface area contributed by atoms with Gasteiger partial charge < -0.3 is 9.13 Å². The van der Waals surface area contributed by atoms with Gasteiger partial charge in [-0.15, -0.1) is 0 Å². The zero-order valence-electron chi connectivity index (χ0n) is 23.5. The van der Waals surface area contributed by atoms with Crippen molar-refractivity contribution in [1.82, 2.24) is 9.13 Å². The van der Waals surface area contributed by atoms with Crippen molar-refractivity contribution in [2.75, 3.05) is 0 Å². The lowest BCUT2D eigenvalue weighted by atomic mass is 10.2. The lowest BCUT2D eigenvalue weighted by Gasteiger charge is -2.08. The normalized spacial score (nSPS) is 11.4. The number of nitrogens with zero attached hydrogens (tertiary/aromatic N) is 2. The quantitative estimate of drug-likeness (QED) is 0.167. The summed E-state index contributed by atoms with van der Waals surface area (Å²) in [5.74, 6) is 0. The molecule has 0 bridgehead atoms. The van der Waals surface area contributed by atoms with Crippen molar-refractivity contribution in [2.45, 2.75) is 13.1 Å². The highest BCUT2D eigenvalue weighted by Gasteiger charge is 2.13. The molecule has 0 saturated carbocycles. The lowest BCUT2D eigenvalue weighted by Crippen LogP contribution is -1.98. The van der Waals surface area contributed by atoms with Gasteiger partial charge in [0.1, 0.15) is 0 Å². The summed E-state index contributed by atoms with van der Waals surface area (Å²) in [6.45, 7) is 1.76. The van der Waals surface area contributed by atoms with Crippen molar-refractivity contribution >= 4 is 107 Å². The van der Waals surface area contributed by atoms with Gasteiger partial charge in [-0.25, -0.2) is 0 Å². The number of hydrogen-bond acceptors (Lipinski definition) is 0. The Morgan fingerprint density at radius 2 is 0.614 bits per heavy atom. The Morgan fingerprint density at radius 1 is 0.341 bits per heavy atom. The van der Waals surface area contributed by atoms with Crippen molar-refractivity contribution in [3.8, 4) is 0 Å². The number of fused-ring (bicyclic) bond motifs is 6. The van der Waals surface area contributed by atoms with Gasteiger partial charge in [-0.3, -0.25) is 0 Å². The van der Waals surface area contributed by atoms with Crippen LogP contribution in [0.2, 0.25) is 0 Å². The standard InChI is InChI=1S/2C19H13Br2N/c2*20-14-6-8-18-16(10-14)17-11-15(21)7-9-19(17)22(18)12-13-4-2-1-3-5-13/h2*1-11H,12H2. The highest BCUT2D eigenvalue weighted by atomic mass is 79.9. The Labute approximate surface area is 289 Å². The van der Waals surface area contributed by atoms with Gasteiger partial charge in [0.25, 0.3) is 0 Å². The first-order valence-corrected chi connectivity index (χ1v) is 17.4. The fraction of sp³-hybridized carbons (Fsp3) is 0.0526. The molecule has 2 heterocycles. The Morgan fingerprint density at radius 3 is 0.886 bits per heavy atom. The molecule has 0 unspecified atom stereocenters. The monoisotopic (exact) mass is 826 g/mol. The maximum atomic E-state index is 3.59. The fourth-order valence-electron chi connectivity index (χ4n) is 5.97. The second-order valence-electron chi connectivity index (χ2n) is 10.8. The van der Waals surface area contributed by atoms with Crippen molar-refractivity contribution in [3.63, 3.8) is 0 Å². The molecule has 0 aliphatic heterocycles. The van der Waals surface area contributed by atoms with Crippen molar-refractivity contribution in [1.29, 1.82) is 0 Å². The van der Waals surface area contributed by atoms with Crippen LogP contribution in [0, 0.1) is 0 Å². The molecule has 0 radical (unpaired) electrons. The maximum absolute atomic E-state index is 3.59. The summed E-state index contributed by atoms with van der Waals surface area (Å²) in [7, 11) is 0. The van der Waals surface area contributed by atoms with Gasteiger partial charge in [0.15, 0.2) is 0 Å². The molecule has 0 aliphatic rings. The van der Waals surface area contributed by atoms with Gasteiger partial charge in [-0.05, 0) is 83.9 Å². The molecule has 44 heavy (non-hydrogen) atoms. The van der Waals surface area contributed by atoms with Crippen LogP contribution in [-0.4, -0.2) is 9.13 Å². The third-order valence-corrected chi connectivity index (χ3v) is 9.92. The van der Waals surface area contributed by atoms with E-state index in [2.05, 4.69) is 206 Å². The minimum absolute atomic E-state index is 0.879. The lowest BCUT2D eigenvalue weighted by molar-refractivity contribution is 0.869. The second-order valence-corrected chi connectivity index (χ2v) is 14.5. The minimum Gasteiger partial charge on any atom is -0.336 e. The summed E-state index contributed by atoms with van der Waals surface area (Å²) < 4.78 is 9.22. The van der Waals surface area contributed by atoms with E-state index >= 15 is 0 Å². The molecule has 0 N–H and O–H groups in total. The number of halogens is 4. The SMILES string of the molecule is Brc1ccc2c(c1)c1cc(Br)ccc1n2Cc1ccccc1.Brc1ccc2c(c1)c1cc(Br)ccc1n2Cc1ccccc1. The molecular formula is C38H26Br4N2. The molecule has 8 aromatic rings. The predicted octanol–water partition coefficient (Wildman–Crippen LogP) is 12.7. The number of rotatable bonds is 4. The average Bonchev–Trinajstić information content (AvgIpc) is 3.49. The van der Waals surface area contributed by atoms with Crippen LogP contribution < -0.4 is 0 Å². The van der Waals surface area contributed by atoms with Crippen LogP contribution in [0.15, 0.2) is 151 Å². The predicted molar refractivity (Wildman–Crippen MR) is 201 cm³/mol. The molecule has 2 nitrogen and oxygen atoms in total. The largest absolute Gasteiger partial charge is 0.336 e. The Kier molecular flexibility index (Phi) is 8.52. The van der Waals surface area contributed by atoms with E-state index in [1.165, 1.54) is 54.7 Å². The summed E-state index contributed by atoms with van der Waals surface area (Å²) >= 11 is 14.4. The fourth-order valence-corrected chi connectivity index (χ4v) is 7.41. The van der Waals surface area contributed by atoms with E-state index in [0.717, 1.165) is 31.0 Å². The van der Waals surface area contributed by atoms with Crippen LogP contribution in [0.25, 0.3) is 43.6 Å². The number of hydrogen-bond donors (Lipinski definition) is 0. The van der Waals surface area contributed by atoms with Crippen LogP contribution >= 0.6 is 63.7 Å². The minimum atomic E-state index is 0.879. The van der Waals surface area contributed by atoms with Crippen molar-refractivity contribution in [2.24, 2.45) is 0 Å². The van der Waals surface area contributed by atoms with Gasteiger partial charge in [0.2, 0.25) is 0 Å². The van der Waals surface area contributed by atoms with E-state index in [-0.39, 0.29) is 0 Å². The van der Waals surface area contributed by atoms with Crippen LogP contribution in [-0.2, 0) is 13.1 Å². The molecule has 0 fully saturated rings. The maximum Gasteiger partial charge on any atom is 0.0495 e. The van der Waals surface area contributed by atoms with Gasteiger partial charge in [0.05, 0.1) is 0 Å². The third-order valence-electron chi connectivity index (χ3n) is 7.94. The van der Waals surface area contributed by atoms with Crippen LogP contribution in [0.1, 0.15) is 11.1 Å². The first-order valence-electron chi connectivity index (χ1n) is 14.3. The smallest absolute Gasteiger partial charge is 0.0495 e.